The van der Waals surface area contributed by atoms with Crippen molar-refractivity contribution < 1.29 is 5.11 Å². The van der Waals surface area contributed by atoms with Crippen LogP contribution < -0.4 is 0 Å². The Morgan fingerprint density at radius 2 is 1.62 bits per heavy atom. The second-order valence-electron chi connectivity index (χ2n) is 7.96. The van der Waals surface area contributed by atoms with Crippen LogP contribution in [0.3, 0.4) is 0 Å². The van der Waals surface area contributed by atoms with Crippen LogP contribution in [0, 0.1) is 0 Å². The van der Waals surface area contributed by atoms with Crippen LogP contribution in [0.2, 0.25) is 0 Å². The van der Waals surface area contributed by atoms with Crippen molar-refractivity contribution in [1.82, 2.24) is 14.5 Å². The van der Waals surface area contributed by atoms with E-state index in [1.54, 1.807) is 0 Å². The average molecular weight is 482 g/mol. The van der Waals surface area contributed by atoms with Crippen molar-refractivity contribution in [3.8, 4) is 11.3 Å². The number of H-pyrrole nitrogens is 1. The third-order valence-corrected chi connectivity index (χ3v) is 6.87. The summed E-state index contributed by atoms with van der Waals surface area (Å²) in [6, 6.07) is 27.0. The maximum Gasteiger partial charge on any atom is 0.0971 e. The third-order valence-electron chi connectivity index (χ3n) is 6.09. The van der Waals surface area contributed by atoms with E-state index in [2.05, 4.69) is 80.1 Å². The standard InChI is InChI=1S/C27H20BrN3O/c28-23-10-4-1-7-17(23)15-31-25-12-6-3-9-20(25)21-13-18(16-32)30-26(27(21)31)22-14-29-24-11-5-2-8-19(22)24/h1-14,29,32H,15-16H2. The maximum atomic E-state index is 10.00. The molecule has 0 radical (unpaired) electrons. The van der Waals surface area contributed by atoms with Crippen LogP contribution in [-0.2, 0) is 13.2 Å². The number of rotatable bonds is 4. The van der Waals surface area contributed by atoms with E-state index in [0.29, 0.717) is 12.2 Å². The van der Waals surface area contributed by atoms with Gasteiger partial charge in [-0.3, -0.25) is 0 Å². The third kappa shape index (κ3) is 2.97. The summed E-state index contributed by atoms with van der Waals surface area (Å²) in [7, 11) is 0. The Labute approximate surface area is 193 Å². The highest BCUT2D eigenvalue weighted by Crippen LogP contribution is 2.38. The first kappa shape index (κ1) is 19.3. The Morgan fingerprint density at radius 1 is 0.875 bits per heavy atom. The number of hydrogen-bond donors (Lipinski definition) is 2. The highest BCUT2D eigenvalue weighted by Gasteiger charge is 2.20. The number of fused-ring (bicyclic) bond motifs is 4. The van der Waals surface area contributed by atoms with Crippen LogP contribution in [-0.4, -0.2) is 19.6 Å². The molecule has 0 fully saturated rings. The number of nitrogens with one attached hydrogen (secondary N) is 1. The summed E-state index contributed by atoms with van der Waals surface area (Å²) in [6.45, 7) is 0.607. The smallest absolute Gasteiger partial charge is 0.0971 e. The number of aromatic nitrogens is 3. The van der Waals surface area contributed by atoms with Crippen molar-refractivity contribution in [2.75, 3.05) is 0 Å². The second-order valence-corrected chi connectivity index (χ2v) is 8.81. The van der Waals surface area contributed by atoms with Crippen molar-refractivity contribution in [3.05, 3.63) is 101 Å². The van der Waals surface area contributed by atoms with Gasteiger partial charge in [-0.25, -0.2) is 4.98 Å². The van der Waals surface area contributed by atoms with Gasteiger partial charge in [0.15, 0.2) is 0 Å². The molecule has 0 amide bonds. The highest BCUT2D eigenvalue weighted by molar-refractivity contribution is 9.10. The molecule has 0 aliphatic heterocycles. The first-order valence-corrected chi connectivity index (χ1v) is 11.4. The van der Waals surface area contributed by atoms with Crippen molar-refractivity contribution >= 4 is 48.6 Å². The van der Waals surface area contributed by atoms with Crippen molar-refractivity contribution in [2.45, 2.75) is 13.2 Å². The molecule has 6 aromatic rings. The van der Waals surface area contributed by atoms with Gasteiger partial charge in [-0.15, -0.1) is 0 Å². The molecule has 0 saturated carbocycles. The van der Waals surface area contributed by atoms with Crippen LogP contribution in [0.25, 0.3) is 44.0 Å². The van der Waals surface area contributed by atoms with Crippen LogP contribution in [0.1, 0.15) is 11.3 Å². The lowest BCUT2D eigenvalue weighted by Gasteiger charge is -2.13. The van der Waals surface area contributed by atoms with E-state index < -0.39 is 0 Å². The Hall–Kier alpha value is -3.41. The number of nitrogens with zero attached hydrogens (tertiary/aromatic N) is 2. The SMILES string of the molecule is OCc1cc2c3ccccc3n(Cc3ccccc3Br)c2c(-c2c[nH]c3ccccc23)n1. The molecule has 0 bridgehead atoms. The Balaban J connectivity index is 1.74. The first-order valence-electron chi connectivity index (χ1n) is 10.6. The largest absolute Gasteiger partial charge is 0.390 e. The number of aromatic amines is 1. The van der Waals surface area contributed by atoms with Crippen molar-refractivity contribution in [2.24, 2.45) is 0 Å². The predicted octanol–water partition coefficient (Wildman–Crippen LogP) is 6.64. The lowest BCUT2D eigenvalue weighted by Crippen LogP contribution is -2.03. The van der Waals surface area contributed by atoms with Crippen LogP contribution in [0.15, 0.2) is 89.5 Å². The van der Waals surface area contributed by atoms with Gasteiger partial charge in [0.25, 0.3) is 0 Å². The number of benzene rings is 3. The molecule has 3 aromatic heterocycles. The molecule has 0 atom stereocenters. The molecule has 0 aliphatic carbocycles. The number of hydrogen-bond acceptors (Lipinski definition) is 2. The van der Waals surface area contributed by atoms with Crippen LogP contribution in [0.5, 0.6) is 0 Å². The lowest BCUT2D eigenvalue weighted by atomic mass is 10.1. The van der Waals surface area contributed by atoms with Gasteiger partial charge in [-0.2, -0.15) is 0 Å². The minimum absolute atomic E-state index is 0.102. The Kier molecular flexibility index (Phi) is 4.59. The summed E-state index contributed by atoms with van der Waals surface area (Å²) in [4.78, 5) is 8.31. The number of aliphatic hydroxyl groups excluding tert-OH is 1. The first-order chi connectivity index (χ1) is 15.7. The molecule has 0 saturated heterocycles. The summed E-state index contributed by atoms with van der Waals surface area (Å²) in [6.07, 6.45) is 2.02. The molecule has 0 unspecified atom stereocenters. The van der Waals surface area contributed by atoms with E-state index in [9.17, 15) is 5.11 Å². The number of para-hydroxylation sites is 2. The van der Waals surface area contributed by atoms with E-state index >= 15 is 0 Å². The number of halogens is 1. The molecule has 3 aromatic carbocycles. The molecule has 32 heavy (non-hydrogen) atoms. The zero-order valence-corrected chi connectivity index (χ0v) is 18.8. The zero-order valence-electron chi connectivity index (χ0n) is 17.2. The summed E-state index contributed by atoms with van der Waals surface area (Å²) in [5, 5.41) is 13.4. The predicted molar refractivity (Wildman–Crippen MR) is 134 cm³/mol. The normalized spacial score (nSPS) is 11.7. The molecular formula is C27H20BrN3O. The fourth-order valence-corrected chi connectivity index (χ4v) is 5.03. The minimum Gasteiger partial charge on any atom is -0.390 e. The van der Waals surface area contributed by atoms with E-state index in [4.69, 9.17) is 4.98 Å². The monoisotopic (exact) mass is 481 g/mol. The van der Waals surface area contributed by atoms with Crippen LogP contribution in [0.4, 0.5) is 0 Å². The molecule has 3 heterocycles. The average Bonchev–Trinajstić information content (AvgIpc) is 3.40. The molecule has 0 spiro atoms. The highest BCUT2D eigenvalue weighted by atomic mass is 79.9. The fourth-order valence-electron chi connectivity index (χ4n) is 4.62. The van der Waals surface area contributed by atoms with Gasteiger partial charge >= 0.3 is 0 Å². The lowest BCUT2D eigenvalue weighted by molar-refractivity contribution is 0.277. The van der Waals surface area contributed by atoms with E-state index in [0.717, 1.165) is 48.4 Å². The van der Waals surface area contributed by atoms with Gasteiger partial charge in [-0.1, -0.05) is 70.5 Å². The summed E-state index contributed by atoms with van der Waals surface area (Å²) in [5.41, 5.74) is 7.08. The summed E-state index contributed by atoms with van der Waals surface area (Å²) in [5.74, 6) is 0. The van der Waals surface area contributed by atoms with Gasteiger partial charge in [0, 0.05) is 50.0 Å². The van der Waals surface area contributed by atoms with E-state index in [1.807, 2.05) is 30.5 Å². The minimum atomic E-state index is -0.102. The summed E-state index contributed by atoms with van der Waals surface area (Å²) < 4.78 is 3.43. The second kappa shape index (κ2) is 7.62. The van der Waals surface area contributed by atoms with Gasteiger partial charge in [-0.05, 0) is 29.8 Å². The maximum absolute atomic E-state index is 10.00. The molecule has 6 rings (SSSR count). The quantitative estimate of drug-likeness (QED) is 0.296. The molecule has 156 valence electrons. The molecular weight excluding hydrogens is 462 g/mol. The topological polar surface area (TPSA) is 53.8 Å². The zero-order chi connectivity index (χ0) is 21.7. The van der Waals surface area contributed by atoms with Gasteiger partial charge in [0.2, 0.25) is 0 Å². The molecule has 4 nitrogen and oxygen atoms in total. The van der Waals surface area contributed by atoms with Crippen molar-refractivity contribution in [3.63, 3.8) is 0 Å². The van der Waals surface area contributed by atoms with Crippen LogP contribution >= 0.6 is 15.9 Å². The van der Waals surface area contributed by atoms with Gasteiger partial charge in [0.1, 0.15) is 0 Å². The molecule has 0 aliphatic rings. The number of aliphatic hydroxyl groups is 1. The number of pyridine rings is 1. The van der Waals surface area contributed by atoms with Gasteiger partial charge < -0.3 is 14.7 Å². The van der Waals surface area contributed by atoms with Crippen molar-refractivity contribution in [1.29, 1.82) is 0 Å². The molecule has 2 N–H and O–H groups in total. The Bertz CT molecular complexity index is 1610. The molecule has 5 heteroatoms. The van der Waals surface area contributed by atoms with E-state index in [1.165, 1.54) is 5.56 Å². The fraction of sp³-hybridized carbons (Fsp3) is 0.0741. The van der Waals surface area contributed by atoms with E-state index in [-0.39, 0.29) is 6.61 Å². The summed E-state index contributed by atoms with van der Waals surface area (Å²) >= 11 is 3.72. The van der Waals surface area contributed by atoms with Gasteiger partial charge in [0.05, 0.1) is 23.5 Å². The Morgan fingerprint density at radius 3 is 2.47 bits per heavy atom.